The van der Waals surface area contributed by atoms with E-state index in [0.29, 0.717) is 19.4 Å². The predicted octanol–water partition coefficient (Wildman–Crippen LogP) is 1.82. The molecule has 0 spiro atoms. The van der Waals surface area contributed by atoms with E-state index >= 15 is 0 Å². The van der Waals surface area contributed by atoms with Crippen molar-refractivity contribution in [2.45, 2.75) is 44.1 Å². The minimum atomic E-state index is -1.20. The van der Waals surface area contributed by atoms with E-state index in [2.05, 4.69) is 17.4 Å². The van der Waals surface area contributed by atoms with Gasteiger partial charge in [-0.3, -0.25) is 4.90 Å². The van der Waals surface area contributed by atoms with Crippen LogP contribution in [0, 0.1) is 0 Å². The lowest BCUT2D eigenvalue weighted by Gasteiger charge is -2.33. The third-order valence-electron chi connectivity index (χ3n) is 2.48. The van der Waals surface area contributed by atoms with Crippen LogP contribution >= 0.6 is 12.6 Å². The number of ether oxygens (including phenoxy) is 2. The Labute approximate surface area is 107 Å². The Hall–Kier alpha value is -0.910. The van der Waals surface area contributed by atoms with Gasteiger partial charge in [0.2, 0.25) is 0 Å². The molecule has 1 amide bonds. The van der Waals surface area contributed by atoms with Crippen molar-refractivity contribution >= 4 is 24.7 Å². The Balaban J connectivity index is 2.83. The normalized spacial score (nSPS) is 24.6. The van der Waals surface area contributed by atoms with Crippen molar-refractivity contribution in [2.75, 3.05) is 13.7 Å². The van der Waals surface area contributed by atoms with Crippen molar-refractivity contribution in [3.8, 4) is 0 Å². The van der Waals surface area contributed by atoms with Crippen molar-refractivity contribution in [3.05, 3.63) is 0 Å². The first-order valence-electron chi connectivity index (χ1n) is 5.52. The topological polar surface area (TPSA) is 55.8 Å². The van der Waals surface area contributed by atoms with Gasteiger partial charge < -0.3 is 9.47 Å². The van der Waals surface area contributed by atoms with Gasteiger partial charge in [-0.1, -0.05) is 0 Å². The zero-order valence-corrected chi connectivity index (χ0v) is 11.5. The van der Waals surface area contributed by atoms with E-state index in [1.54, 1.807) is 20.8 Å². The highest BCUT2D eigenvalue weighted by atomic mass is 32.1. The Morgan fingerprint density at radius 2 is 1.94 bits per heavy atom. The average molecular weight is 261 g/mol. The molecule has 0 radical (unpaired) electrons. The Bertz CT molecular complexity index is 326. The number of hydrogen-bond donors (Lipinski definition) is 1. The fraction of sp³-hybridized carbons (Fsp3) is 0.818. The van der Waals surface area contributed by atoms with Crippen molar-refractivity contribution in [2.24, 2.45) is 0 Å². The maximum Gasteiger partial charge on any atom is 0.411 e. The molecule has 6 heteroatoms. The lowest BCUT2D eigenvalue weighted by molar-refractivity contribution is -0.147. The van der Waals surface area contributed by atoms with E-state index in [9.17, 15) is 9.59 Å². The number of esters is 1. The fourth-order valence-corrected chi connectivity index (χ4v) is 2.17. The van der Waals surface area contributed by atoms with Crippen LogP contribution in [0.5, 0.6) is 0 Å². The highest BCUT2D eigenvalue weighted by molar-refractivity contribution is 7.82. The standard InChI is InChI=1S/C11H19NO4S/c1-10(2,3)16-9(14)12-7-5-6-11(12,17)8(13)15-4/h17H,5-7H2,1-4H3. The van der Waals surface area contributed by atoms with E-state index < -0.39 is 22.5 Å². The molecule has 1 rings (SSSR count). The second kappa shape index (κ2) is 4.76. The third-order valence-corrected chi connectivity index (χ3v) is 3.13. The van der Waals surface area contributed by atoms with Gasteiger partial charge in [-0.25, -0.2) is 9.59 Å². The van der Waals surface area contributed by atoms with Crippen LogP contribution in [0.15, 0.2) is 0 Å². The molecule has 0 N–H and O–H groups in total. The highest BCUT2D eigenvalue weighted by Gasteiger charge is 2.49. The number of rotatable bonds is 1. The average Bonchev–Trinajstić information content (AvgIpc) is 2.58. The second-order valence-electron chi connectivity index (χ2n) is 5.04. The summed E-state index contributed by atoms with van der Waals surface area (Å²) in [5, 5.41) is 0. The van der Waals surface area contributed by atoms with Crippen molar-refractivity contribution < 1.29 is 19.1 Å². The van der Waals surface area contributed by atoms with Gasteiger partial charge in [0.05, 0.1) is 7.11 Å². The summed E-state index contributed by atoms with van der Waals surface area (Å²) in [6.45, 7) is 5.78. The zero-order valence-electron chi connectivity index (χ0n) is 10.6. The van der Waals surface area contributed by atoms with Crippen LogP contribution in [-0.4, -0.2) is 41.1 Å². The van der Waals surface area contributed by atoms with Gasteiger partial charge in [-0.15, -0.1) is 12.6 Å². The van der Waals surface area contributed by atoms with Crippen LogP contribution in [0.4, 0.5) is 4.79 Å². The SMILES string of the molecule is COC(=O)C1(S)CCCN1C(=O)OC(C)(C)C. The molecule has 1 atom stereocenters. The van der Waals surface area contributed by atoms with E-state index in [4.69, 9.17) is 4.74 Å². The predicted molar refractivity (Wildman–Crippen MR) is 65.9 cm³/mol. The first kappa shape index (κ1) is 14.2. The van der Waals surface area contributed by atoms with Crippen molar-refractivity contribution in [1.82, 2.24) is 4.90 Å². The summed E-state index contributed by atoms with van der Waals surface area (Å²) < 4.78 is 9.92. The molecule has 1 aliphatic rings. The molecule has 0 aromatic heterocycles. The Morgan fingerprint density at radius 3 is 2.41 bits per heavy atom. The summed E-state index contributed by atoms with van der Waals surface area (Å²) >= 11 is 4.29. The number of nitrogens with zero attached hydrogens (tertiary/aromatic N) is 1. The number of carbonyl (C=O) groups is 2. The minimum Gasteiger partial charge on any atom is -0.467 e. The van der Waals surface area contributed by atoms with Gasteiger partial charge in [0.15, 0.2) is 4.87 Å². The Kier molecular flexibility index (Phi) is 3.96. The number of carbonyl (C=O) groups excluding carboxylic acids is 2. The summed E-state index contributed by atoms with van der Waals surface area (Å²) in [6, 6.07) is 0. The Morgan fingerprint density at radius 1 is 1.35 bits per heavy atom. The summed E-state index contributed by atoms with van der Waals surface area (Å²) in [7, 11) is 1.28. The molecule has 0 saturated carbocycles. The first-order chi connectivity index (χ1) is 7.70. The van der Waals surface area contributed by atoms with Crippen LogP contribution in [0.3, 0.4) is 0 Å². The molecule has 0 aliphatic carbocycles. The van der Waals surface area contributed by atoms with Crippen molar-refractivity contribution in [1.29, 1.82) is 0 Å². The van der Waals surface area contributed by atoms with Crippen LogP contribution in [-0.2, 0) is 14.3 Å². The first-order valence-corrected chi connectivity index (χ1v) is 5.97. The maximum atomic E-state index is 11.9. The van der Waals surface area contributed by atoms with Crippen LogP contribution < -0.4 is 0 Å². The smallest absolute Gasteiger partial charge is 0.411 e. The molecule has 1 fully saturated rings. The van der Waals surface area contributed by atoms with E-state index in [1.807, 2.05) is 0 Å². The molecular formula is C11H19NO4S. The van der Waals surface area contributed by atoms with Crippen LogP contribution in [0.2, 0.25) is 0 Å². The van der Waals surface area contributed by atoms with Crippen LogP contribution in [0.1, 0.15) is 33.6 Å². The lowest BCUT2D eigenvalue weighted by atomic mass is 10.2. The van der Waals surface area contributed by atoms with Gasteiger partial charge in [0.25, 0.3) is 0 Å². The number of likely N-dealkylation sites (tertiary alicyclic amines) is 1. The lowest BCUT2D eigenvalue weighted by Crippen LogP contribution is -2.51. The highest BCUT2D eigenvalue weighted by Crippen LogP contribution is 2.35. The molecular weight excluding hydrogens is 242 g/mol. The number of hydrogen-bond acceptors (Lipinski definition) is 5. The van der Waals surface area contributed by atoms with E-state index in [-0.39, 0.29) is 0 Å². The van der Waals surface area contributed by atoms with Gasteiger partial charge in [0, 0.05) is 6.54 Å². The van der Waals surface area contributed by atoms with E-state index in [0.717, 1.165) is 0 Å². The monoisotopic (exact) mass is 261 g/mol. The molecule has 0 bridgehead atoms. The molecule has 1 aliphatic heterocycles. The second-order valence-corrected chi connectivity index (χ2v) is 5.78. The molecule has 1 unspecified atom stereocenters. The quantitative estimate of drug-likeness (QED) is 0.578. The molecule has 1 heterocycles. The van der Waals surface area contributed by atoms with E-state index in [1.165, 1.54) is 12.0 Å². The molecule has 17 heavy (non-hydrogen) atoms. The summed E-state index contributed by atoms with van der Waals surface area (Å²) in [6.07, 6.45) is 0.648. The minimum absolute atomic E-state index is 0.452. The van der Waals surface area contributed by atoms with Gasteiger partial charge in [0.1, 0.15) is 5.60 Å². The third kappa shape index (κ3) is 3.06. The largest absolute Gasteiger partial charge is 0.467 e. The van der Waals surface area contributed by atoms with Gasteiger partial charge in [-0.05, 0) is 33.6 Å². The number of thiol groups is 1. The summed E-state index contributed by atoms with van der Waals surface area (Å²) in [5.41, 5.74) is -0.593. The fourth-order valence-electron chi connectivity index (χ4n) is 1.74. The molecule has 5 nitrogen and oxygen atoms in total. The zero-order chi connectivity index (χ0) is 13.3. The maximum absolute atomic E-state index is 11.9. The molecule has 0 aromatic rings. The molecule has 1 saturated heterocycles. The van der Waals surface area contributed by atoms with Crippen molar-refractivity contribution in [3.63, 3.8) is 0 Å². The summed E-state index contributed by atoms with van der Waals surface area (Å²) in [4.78, 5) is 23.7. The number of amides is 1. The van der Waals surface area contributed by atoms with Crippen LogP contribution in [0.25, 0.3) is 0 Å². The number of methoxy groups -OCH3 is 1. The van der Waals surface area contributed by atoms with Gasteiger partial charge in [-0.2, -0.15) is 0 Å². The van der Waals surface area contributed by atoms with Gasteiger partial charge >= 0.3 is 12.1 Å². The molecule has 98 valence electrons. The summed E-state index contributed by atoms with van der Waals surface area (Å²) in [5.74, 6) is -0.524. The molecule has 0 aromatic carbocycles.